The van der Waals surface area contributed by atoms with E-state index in [1.165, 1.54) is 6.92 Å². The van der Waals surface area contributed by atoms with Crippen LogP contribution in [0.25, 0.3) is 0 Å². The topological polar surface area (TPSA) is 78.9 Å². The van der Waals surface area contributed by atoms with Crippen LogP contribution in [0.15, 0.2) is 24.3 Å². The largest absolute Gasteiger partial charge is 0.467 e. The molecule has 0 saturated carbocycles. The number of carbonyl (C=O) groups excluding carboxylic acids is 3. The molecule has 1 unspecified atom stereocenters. The predicted molar refractivity (Wildman–Crippen MR) is 87.7 cm³/mol. The van der Waals surface area contributed by atoms with Crippen molar-refractivity contribution in [2.45, 2.75) is 33.1 Å². The van der Waals surface area contributed by atoms with Crippen LogP contribution in [0.3, 0.4) is 0 Å². The number of carbonyl (C=O) groups is 3. The molecular weight excluding hydrogens is 312 g/mol. The lowest BCUT2D eigenvalue weighted by Gasteiger charge is -2.27. The van der Waals surface area contributed by atoms with Crippen LogP contribution in [0, 0.1) is 5.41 Å². The Kier molecular flexibility index (Phi) is 8.12. The van der Waals surface area contributed by atoms with Crippen LogP contribution in [0.4, 0.5) is 0 Å². The summed E-state index contributed by atoms with van der Waals surface area (Å²) in [7, 11) is 1.57. The van der Waals surface area contributed by atoms with Gasteiger partial charge in [-0.25, -0.2) is 0 Å². The highest BCUT2D eigenvalue weighted by Crippen LogP contribution is 2.26. The van der Waals surface area contributed by atoms with E-state index in [0.717, 1.165) is 0 Å². The maximum atomic E-state index is 12.3. The minimum atomic E-state index is -0.423. The van der Waals surface area contributed by atoms with Crippen molar-refractivity contribution in [3.63, 3.8) is 0 Å². The molecule has 1 rings (SSSR count). The average molecular weight is 336 g/mol. The average Bonchev–Trinajstić information content (AvgIpc) is 2.53. The molecule has 0 bridgehead atoms. The lowest BCUT2D eigenvalue weighted by molar-refractivity contribution is -0.134. The van der Waals surface area contributed by atoms with Gasteiger partial charge in [0.1, 0.15) is 11.5 Å². The highest BCUT2D eigenvalue weighted by atomic mass is 16.5. The first-order chi connectivity index (χ1) is 11.4. The van der Waals surface area contributed by atoms with E-state index in [1.807, 2.05) is 6.92 Å². The second-order valence-corrected chi connectivity index (χ2v) is 6.07. The molecule has 0 aromatic heterocycles. The molecule has 1 aromatic carbocycles. The normalized spacial score (nSPS) is 13.0. The Morgan fingerprint density at radius 3 is 2.54 bits per heavy atom. The van der Waals surface area contributed by atoms with Crippen molar-refractivity contribution >= 4 is 18.2 Å². The molecule has 6 nitrogen and oxygen atoms in total. The van der Waals surface area contributed by atoms with Crippen molar-refractivity contribution in [1.29, 1.82) is 0 Å². The van der Waals surface area contributed by atoms with E-state index < -0.39 is 11.4 Å². The standard InChI is InChI=1S/C18H24O6/c1-14(20)24-17-7-5-4-6-15(17)10-16(21)8-9-18(2,11-22-3)12-23-13-19/h4-7,13H,8-12H2,1-3H3. The molecule has 1 atom stereocenters. The van der Waals surface area contributed by atoms with Crippen molar-refractivity contribution in [1.82, 2.24) is 0 Å². The molecule has 0 fully saturated rings. The number of esters is 1. The van der Waals surface area contributed by atoms with Crippen LogP contribution in [-0.2, 0) is 30.3 Å². The number of hydrogen-bond acceptors (Lipinski definition) is 6. The maximum Gasteiger partial charge on any atom is 0.308 e. The third-order valence-corrected chi connectivity index (χ3v) is 3.61. The molecule has 0 N–H and O–H groups in total. The first-order valence-corrected chi connectivity index (χ1v) is 7.72. The van der Waals surface area contributed by atoms with Gasteiger partial charge in [-0.2, -0.15) is 0 Å². The molecule has 1 aromatic rings. The Morgan fingerprint density at radius 1 is 1.21 bits per heavy atom. The smallest absolute Gasteiger partial charge is 0.308 e. The second kappa shape index (κ2) is 9.82. The van der Waals surface area contributed by atoms with Gasteiger partial charge in [0.05, 0.1) is 13.2 Å². The van der Waals surface area contributed by atoms with Gasteiger partial charge in [0, 0.05) is 37.9 Å². The summed E-state index contributed by atoms with van der Waals surface area (Å²) >= 11 is 0. The molecule has 132 valence electrons. The summed E-state index contributed by atoms with van der Waals surface area (Å²) in [6, 6.07) is 6.97. The SMILES string of the molecule is COCC(C)(CCC(=O)Cc1ccccc1OC(C)=O)COC=O. The third-order valence-electron chi connectivity index (χ3n) is 3.61. The zero-order valence-electron chi connectivity index (χ0n) is 14.4. The number of para-hydroxylation sites is 1. The molecule has 0 saturated heterocycles. The summed E-state index contributed by atoms with van der Waals surface area (Å²) in [5.74, 6) is -0.00101. The van der Waals surface area contributed by atoms with Gasteiger partial charge in [0.15, 0.2) is 0 Å². The lowest BCUT2D eigenvalue weighted by Crippen LogP contribution is -2.29. The Bertz CT molecular complexity index is 568. The Balaban J connectivity index is 2.65. The van der Waals surface area contributed by atoms with Crippen molar-refractivity contribution in [3.05, 3.63) is 29.8 Å². The van der Waals surface area contributed by atoms with Gasteiger partial charge in [0.25, 0.3) is 6.47 Å². The van der Waals surface area contributed by atoms with Crippen molar-refractivity contribution in [2.75, 3.05) is 20.3 Å². The van der Waals surface area contributed by atoms with Crippen molar-refractivity contribution in [3.8, 4) is 5.75 Å². The fourth-order valence-electron chi connectivity index (χ4n) is 2.42. The van der Waals surface area contributed by atoms with Crippen LogP contribution in [0.1, 0.15) is 32.3 Å². The van der Waals surface area contributed by atoms with Crippen molar-refractivity contribution < 1.29 is 28.6 Å². The summed E-state index contributed by atoms with van der Waals surface area (Å²) in [6.07, 6.45) is 1.03. The van der Waals surface area contributed by atoms with Crippen LogP contribution in [0.2, 0.25) is 0 Å². The third kappa shape index (κ3) is 6.91. The number of benzene rings is 1. The first kappa shape index (κ1) is 19.8. The van der Waals surface area contributed by atoms with E-state index in [1.54, 1.807) is 31.4 Å². The number of methoxy groups -OCH3 is 1. The molecule has 6 heteroatoms. The summed E-state index contributed by atoms with van der Waals surface area (Å²) in [6.45, 7) is 4.20. The molecule has 24 heavy (non-hydrogen) atoms. The molecule has 0 heterocycles. The molecular formula is C18H24O6. The van der Waals surface area contributed by atoms with E-state index in [9.17, 15) is 14.4 Å². The van der Waals surface area contributed by atoms with Gasteiger partial charge in [-0.1, -0.05) is 25.1 Å². The van der Waals surface area contributed by atoms with E-state index in [4.69, 9.17) is 14.2 Å². The first-order valence-electron chi connectivity index (χ1n) is 7.72. The molecule has 0 aliphatic rings. The van der Waals surface area contributed by atoms with Crippen LogP contribution in [0.5, 0.6) is 5.75 Å². The fraction of sp³-hybridized carbons (Fsp3) is 0.500. The number of rotatable bonds is 11. The summed E-state index contributed by atoms with van der Waals surface area (Å²) in [4.78, 5) is 33.8. The zero-order chi connectivity index (χ0) is 18.0. The summed E-state index contributed by atoms with van der Waals surface area (Å²) in [5, 5.41) is 0. The Hall–Kier alpha value is -2.21. The minimum absolute atomic E-state index is 0.0167. The number of ether oxygens (including phenoxy) is 3. The van der Waals surface area contributed by atoms with Gasteiger partial charge in [-0.15, -0.1) is 0 Å². The molecule has 0 radical (unpaired) electrons. The van der Waals surface area contributed by atoms with Crippen molar-refractivity contribution in [2.24, 2.45) is 5.41 Å². The Labute approximate surface area is 142 Å². The fourth-order valence-corrected chi connectivity index (χ4v) is 2.42. The van der Waals surface area contributed by atoms with Crippen LogP contribution >= 0.6 is 0 Å². The van der Waals surface area contributed by atoms with Gasteiger partial charge >= 0.3 is 5.97 Å². The van der Waals surface area contributed by atoms with Crippen LogP contribution < -0.4 is 4.74 Å². The van der Waals surface area contributed by atoms with Gasteiger partial charge in [0.2, 0.25) is 0 Å². The second-order valence-electron chi connectivity index (χ2n) is 6.07. The van der Waals surface area contributed by atoms with E-state index in [0.29, 0.717) is 37.2 Å². The highest BCUT2D eigenvalue weighted by Gasteiger charge is 2.26. The summed E-state index contributed by atoms with van der Waals surface area (Å²) < 4.78 is 15.1. The predicted octanol–water partition coefficient (Wildman–Crippen LogP) is 2.33. The number of ketones is 1. The highest BCUT2D eigenvalue weighted by molar-refractivity contribution is 5.82. The molecule has 0 amide bonds. The van der Waals surface area contributed by atoms with E-state index in [2.05, 4.69) is 0 Å². The molecule has 0 aliphatic heterocycles. The number of hydrogen-bond donors (Lipinski definition) is 0. The molecule has 0 aliphatic carbocycles. The van der Waals surface area contributed by atoms with Crippen LogP contribution in [-0.4, -0.2) is 38.5 Å². The Morgan fingerprint density at radius 2 is 1.92 bits per heavy atom. The van der Waals surface area contributed by atoms with Gasteiger partial charge in [-0.05, 0) is 12.5 Å². The lowest BCUT2D eigenvalue weighted by atomic mass is 9.85. The van der Waals surface area contributed by atoms with E-state index >= 15 is 0 Å². The number of Topliss-reactive ketones (excluding diaryl/α,β-unsaturated/α-hetero) is 1. The maximum absolute atomic E-state index is 12.3. The van der Waals surface area contributed by atoms with Gasteiger partial charge < -0.3 is 14.2 Å². The molecule has 0 spiro atoms. The zero-order valence-corrected chi connectivity index (χ0v) is 14.4. The quantitative estimate of drug-likeness (QED) is 0.350. The van der Waals surface area contributed by atoms with E-state index in [-0.39, 0.29) is 18.8 Å². The minimum Gasteiger partial charge on any atom is -0.467 e. The summed E-state index contributed by atoms with van der Waals surface area (Å²) in [5.41, 5.74) is 0.260. The monoisotopic (exact) mass is 336 g/mol. The van der Waals surface area contributed by atoms with Gasteiger partial charge in [-0.3, -0.25) is 14.4 Å².